The highest BCUT2D eigenvalue weighted by atomic mass is 32.2. The first-order valence-electron chi connectivity index (χ1n) is 18.3. The summed E-state index contributed by atoms with van der Waals surface area (Å²) in [4.78, 5) is 64.8. The summed E-state index contributed by atoms with van der Waals surface area (Å²) in [6, 6.07) is 16.7. The van der Waals surface area contributed by atoms with Crippen LogP contribution in [-0.2, 0) is 35.3 Å². The van der Waals surface area contributed by atoms with E-state index < -0.39 is 34.2 Å². The smallest absolute Gasteiger partial charge is 0.353 e. The number of hydrogen-bond acceptors (Lipinski definition) is 12. The van der Waals surface area contributed by atoms with Crippen LogP contribution in [0.25, 0.3) is 17.2 Å². The molecule has 0 saturated carbocycles. The zero-order valence-electron chi connectivity index (χ0n) is 32.8. The third-order valence-corrected chi connectivity index (χ3v) is 11.4. The van der Waals surface area contributed by atoms with Crippen molar-refractivity contribution in [2.75, 3.05) is 5.75 Å². The van der Waals surface area contributed by atoms with Gasteiger partial charge in [-0.3, -0.25) is 19.3 Å². The van der Waals surface area contributed by atoms with E-state index in [1.807, 2.05) is 65.5 Å². The van der Waals surface area contributed by atoms with Crippen molar-refractivity contribution in [2.45, 2.75) is 78.0 Å². The summed E-state index contributed by atoms with van der Waals surface area (Å²) in [6.07, 6.45) is 7.52. The summed E-state index contributed by atoms with van der Waals surface area (Å²) in [5.41, 5.74) is 2.69. The van der Waals surface area contributed by atoms with Crippen LogP contribution >= 0.6 is 23.1 Å². The number of oxime groups is 1. The minimum atomic E-state index is -1.50. The Bertz CT molecular complexity index is 2300. The molecule has 4 aromatic rings. The number of nitrogens with zero attached hydrogens (tertiary/aromatic N) is 4. The third kappa shape index (κ3) is 9.51. The summed E-state index contributed by atoms with van der Waals surface area (Å²) in [7, 11) is 0. The second-order valence-electron chi connectivity index (χ2n) is 15.4. The monoisotopic (exact) mass is 809 g/mol. The number of β-lactam (4-membered cyclic amide) rings is 1. The molecule has 1 amide bonds. The molecule has 296 valence electrons. The molecule has 1 fully saturated rings. The Kier molecular flexibility index (Phi) is 11.9. The molecule has 2 aliphatic heterocycles. The van der Waals surface area contributed by atoms with Crippen molar-refractivity contribution in [1.82, 2.24) is 9.88 Å². The number of aromatic hydroxyl groups is 2. The topological polar surface area (TPSA) is 160 Å². The van der Waals surface area contributed by atoms with Crippen molar-refractivity contribution in [3.8, 4) is 22.6 Å². The van der Waals surface area contributed by atoms with E-state index in [-0.39, 0.29) is 41.0 Å². The number of rotatable bonds is 13. The highest BCUT2D eigenvalue weighted by molar-refractivity contribution is 8.00. The van der Waals surface area contributed by atoms with Crippen LogP contribution in [0.15, 0.2) is 94.9 Å². The maximum Gasteiger partial charge on any atom is 0.353 e. The van der Waals surface area contributed by atoms with Crippen LogP contribution < -0.4 is 4.57 Å². The lowest BCUT2D eigenvalue weighted by Gasteiger charge is -2.49. The minimum absolute atomic E-state index is 0.0935. The number of carbonyl (C=O) groups is 4. The zero-order valence-corrected chi connectivity index (χ0v) is 34.4. The summed E-state index contributed by atoms with van der Waals surface area (Å²) >= 11 is 2.82. The maximum atomic E-state index is 13.8. The average Bonchev–Trinajstić information content (AvgIpc) is 3.59. The van der Waals surface area contributed by atoms with Crippen molar-refractivity contribution in [3.63, 3.8) is 0 Å². The van der Waals surface area contributed by atoms with Gasteiger partial charge in [-0.15, -0.1) is 23.1 Å². The van der Waals surface area contributed by atoms with Crippen LogP contribution in [0.2, 0.25) is 0 Å². The first-order valence-corrected chi connectivity index (χ1v) is 20.3. The van der Waals surface area contributed by atoms with E-state index in [1.165, 1.54) is 60.9 Å². The Morgan fingerprint density at radius 3 is 2.30 bits per heavy atom. The lowest BCUT2D eigenvalue weighted by Crippen LogP contribution is -2.61. The molecular formula is C43H45N4O8S2+. The number of phenols is 2. The Morgan fingerprint density at radius 2 is 1.68 bits per heavy atom. The number of benzene rings is 2. The number of fused-ring (bicyclic) bond motifs is 1. The predicted molar refractivity (Wildman–Crippen MR) is 218 cm³/mol. The Balaban J connectivity index is 1.11. The number of carbonyl (C=O) groups excluding carboxylic acids is 4. The van der Waals surface area contributed by atoms with E-state index in [4.69, 9.17) is 9.57 Å². The third-order valence-electron chi connectivity index (χ3n) is 9.25. The number of thioether (sulfide) groups is 1. The van der Waals surface area contributed by atoms with E-state index in [1.54, 1.807) is 39.1 Å². The van der Waals surface area contributed by atoms with Crippen LogP contribution in [0, 0.1) is 12.8 Å². The second-order valence-corrected chi connectivity index (χ2v) is 17.6. The van der Waals surface area contributed by atoms with Crippen LogP contribution in [0.4, 0.5) is 0 Å². The van der Waals surface area contributed by atoms with Crippen LogP contribution in [0.5, 0.6) is 11.5 Å². The number of phenolic OH excluding ortho intramolecular Hbond substituents is 2. The zero-order chi connectivity index (χ0) is 41.2. The molecule has 4 heterocycles. The Labute approximate surface area is 339 Å². The van der Waals surface area contributed by atoms with Crippen LogP contribution in [-0.4, -0.2) is 71.6 Å². The largest absolute Gasteiger partial charge is 0.504 e. The normalized spacial score (nSPS) is 17.4. The van der Waals surface area contributed by atoms with Gasteiger partial charge in [-0.2, -0.15) is 0 Å². The van der Waals surface area contributed by atoms with Gasteiger partial charge < -0.3 is 19.8 Å². The molecule has 2 aromatic carbocycles. The number of esters is 1. The highest BCUT2D eigenvalue weighted by Crippen LogP contribution is 2.46. The van der Waals surface area contributed by atoms with Crippen LogP contribution in [0.1, 0.15) is 69.8 Å². The van der Waals surface area contributed by atoms with Gasteiger partial charge in [-0.1, -0.05) is 47.6 Å². The lowest BCUT2D eigenvalue weighted by molar-refractivity contribution is -0.688. The number of aryl methyl sites for hydroxylation is 1. The first-order chi connectivity index (χ1) is 26.9. The molecule has 2 N–H and O–H groups in total. The average molecular weight is 810 g/mol. The molecule has 2 aliphatic rings. The number of Topliss-reactive ketones (excluding diaryl/α,β-unsaturated/α-hetero) is 2. The molecule has 12 nitrogen and oxygen atoms in total. The first kappa shape index (κ1) is 41.0. The van der Waals surface area contributed by atoms with Gasteiger partial charge in [0.2, 0.25) is 11.5 Å². The summed E-state index contributed by atoms with van der Waals surface area (Å²) < 4.78 is 7.50. The van der Waals surface area contributed by atoms with Crippen molar-refractivity contribution in [3.05, 3.63) is 112 Å². The molecule has 6 rings (SSSR count). The molecule has 1 saturated heterocycles. The van der Waals surface area contributed by atoms with Gasteiger partial charge >= 0.3 is 5.97 Å². The van der Waals surface area contributed by atoms with Crippen molar-refractivity contribution >= 4 is 58.3 Å². The number of ketones is 2. The van der Waals surface area contributed by atoms with E-state index in [0.29, 0.717) is 23.0 Å². The number of pyridine rings is 1. The molecule has 2 aromatic heterocycles. The lowest BCUT2D eigenvalue weighted by atomic mass is 9.88. The van der Waals surface area contributed by atoms with Gasteiger partial charge in [-0.05, 0) is 75.9 Å². The van der Waals surface area contributed by atoms with E-state index >= 15 is 0 Å². The number of amides is 1. The number of hydrogen-bond donors (Lipinski definition) is 2. The van der Waals surface area contributed by atoms with Gasteiger partial charge in [-0.25, -0.2) is 14.3 Å². The molecule has 0 aliphatic carbocycles. The van der Waals surface area contributed by atoms with E-state index in [2.05, 4.69) is 10.1 Å². The fourth-order valence-corrected chi connectivity index (χ4v) is 8.25. The fraction of sp³-hybridized carbons (Fsp3) is 0.326. The number of aromatic nitrogens is 2. The Hall–Kier alpha value is -5.60. The van der Waals surface area contributed by atoms with Gasteiger partial charge in [0.25, 0.3) is 0 Å². The fourth-order valence-electron chi connectivity index (χ4n) is 6.27. The number of thiazole rings is 1. The van der Waals surface area contributed by atoms with Crippen molar-refractivity contribution < 1.29 is 43.5 Å². The molecule has 0 bridgehead atoms. The van der Waals surface area contributed by atoms with Crippen molar-refractivity contribution in [1.29, 1.82) is 0 Å². The molecule has 57 heavy (non-hydrogen) atoms. The van der Waals surface area contributed by atoms with Gasteiger partial charge in [0, 0.05) is 42.2 Å². The molecule has 2 atom stereocenters. The van der Waals surface area contributed by atoms with Crippen LogP contribution in [0.3, 0.4) is 0 Å². The molecule has 0 unspecified atom stereocenters. The number of allylic oxidation sites excluding steroid dienone is 2. The molecule has 0 spiro atoms. The Morgan fingerprint density at radius 1 is 0.982 bits per heavy atom. The van der Waals surface area contributed by atoms with Crippen molar-refractivity contribution in [2.24, 2.45) is 11.1 Å². The summed E-state index contributed by atoms with van der Waals surface area (Å²) in [6.45, 7) is 12.1. The van der Waals surface area contributed by atoms with E-state index in [9.17, 15) is 29.4 Å². The molecule has 0 radical (unpaired) electrons. The molecule has 14 heteroatoms. The second kappa shape index (κ2) is 16.5. The van der Waals surface area contributed by atoms with Gasteiger partial charge in [0.05, 0.1) is 22.0 Å². The number of ether oxygens (including phenoxy) is 1. The molecular weight excluding hydrogens is 765 g/mol. The summed E-state index contributed by atoms with van der Waals surface area (Å²) in [5, 5.41) is 25.5. The van der Waals surface area contributed by atoms with Gasteiger partial charge in [0.1, 0.15) is 11.3 Å². The highest BCUT2D eigenvalue weighted by Gasteiger charge is 2.53. The predicted octanol–water partition coefficient (Wildman–Crippen LogP) is 6.75. The summed E-state index contributed by atoms with van der Waals surface area (Å²) in [5.74, 6) is -2.22. The standard InChI is InChI=1S/C43H44N4O8S2/c1-25(48)38-31(13-12-27-8-10-28(11-9-27)22-46-18-16-29(17-19-46)30-14-15-34(49)35(50)20-30)23-57-40-32(39(52)47(38)40)21-36(51)37(33-24-56-26(2)44-33)45-55-43(6,7)41(53)54-42(3,4)5/h8-20,24,32,40,50H,21-23H2,1-7H3/p+1/b13-12?,45-37-/t32-,40-/m1/s1. The van der Waals surface area contributed by atoms with E-state index in [0.717, 1.165) is 27.8 Å². The minimum Gasteiger partial charge on any atom is -0.504 e. The quantitative estimate of drug-likeness (QED) is 0.0369. The van der Waals surface area contributed by atoms with Gasteiger partial charge in [0.15, 0.2) is 47.7 Å². The SMILES string of the molecule is CC(=O)C1=C(C=Cc2ccc(C[n+]3ccc(-c4ccc(O)c(O)c4)cc3)cc2)CS[C@@H]2[C@H](CC(=O)/C(=N\OC(C)(C)C(=O)OC(C)(C)C)c3csc(C)n3)C(=O)N12. The maximum absolute atomic E-state index is 13.8.